The summed E-state index contributed by atoms with van der Waals surface area (Å²) >= 11 is 0. The molecule has 1 aromatic carbocycles. The van der Waals surface area contributed by atoms with Gasteiger partial charge in [-0.05, 0) is 62.8 Å². The van der Waals surface area contributed by atoms with Crippen molar-refractivity contribution in [3.8, 4) is 0 Å². The first-order chi connectivity index (χ1) is 13.8. The van der Waals surface area contributed by atoms with E-state index < -0.39 is 0 Å². The van der Waals surface area contributed by atoms with Crippen LogP contribution in [0.5, 0.6) is 0 Å². The predicted octanol–water partition coefficient (Wildman–Crippen LogP) is 3.93. The molecule has 28 heavy (non-hydrogen) atoms. The number of nitrogens with zero attached hydrogens (tertiary/aromatic N) is 1. The van der Waals surface area contributed by atoms with Crippen LogP contribution in [0.3, 0.4) is 0 Å². The van der Waals surface area contributed by atoms with E-state index in [0.29, 0.717) is 13.2 Å². The van der Waals surface area contributed by atoms with Crippen molar-refractivity contribution in [1.82, 2.24) is 10.4 Å². The van der Waals surface area contributed by atoms with Crippen molar-refractivity contribution in [2.75, 3.05) is 32.8 Å². The maximum Gasteiger partial charge on any atom is 0.310 e. The molecule has 0 amide bonds. The van der Waals surface area contributed by atoms with Crippen LogP contribution in [0, 0.1) is 5.92 Å². The Balaban J connectivity index is 1.44. The molecule has 5 nitrogen and oxygen atoms in total. The van der Waals surface area contributed by atoms with Crippen molar-refractivity contribution in [3.05, 3.63) is 53.2 Å². The molecular weight excluding hydrogens is 352 g/mol. The average molecular weight is 385 g/mol. The third kappa shape index (κ3) is 6.21. The van der Waals surface area contributed by atoms with Gasteiger partial charge in [-0.1, -0.05) is 36.4 Å². The van der Waals surface area contributed by atoms with Crippen LogP contribution >= 0.6 is 0 Å². The van der Waals surface area contributed by atoms with Gasteiger partial charge in [-0.25, -0.2) is 0 Å². The standard InChI is InChI=1S/C23H32N2O3/c1-2-27-23(26)21-12-8-14-25(18-21)15-16-28-24-22-13-7-6-11-20(22)17-19-9-4-3-5-10-19/h3-5,9-10,13,17,21,24H,2,6-8,11-12,14-16,18H2,1H3. The highest BCUT2D eigenvalue weighted by Crippen LogP contribution is 2.24. The van der Waals surface area contributed by atoms with E-state index in [0.717, 1.165) is 51.0 Å². The van der Waals surface area contributed by atoms with E-state index >= 15 is 0 Å². The number of carbonyl (C=O) groups excluding carboxylic acids is 1. The topological polar surface area (TPSA) is 50.8 Å². The summed E-state index contributed by atoms with van der Waals surface area (Å²) in [6.07, 6.45) is 9.72. The fourth-order valence-electron chi connectivity index (χ4n) is 3.83. The second-order valence-electron chi connectivity index (χ2n) is 7.43. The van der Waals surface area contributed by atoms with Crippen molar-refractivity contribution < 1.29 is 14.4 Å². The van der Waals surface area contributed by atoms with Crippen LogP contribution in [0.1, 0.15) is 44.6 Å². The number of hydrogen-bond acceptors (Lipinski definition) is 5. The molecule has 1 heterocycles. The number of rotatable bonds is 8. The van der Waals surface area contributed by atoms with Crippen molar-refractivity contribution in [2.24, 2.45) is 5.92 Å². The lowest BCUT2D eigenvalue weighted by Gasteiger charge is -2.31. The van der Waals surface area contributed by atoms with Gasteiger partial charge in [0.2, 0.25) is 0 Å². The SMILES string of the molecule is CCOC(=O)C1CCCN(CCONC2=CCCCC2=Cc2ccccc2)C1. The largest absolute Gasteiger partial charge is 0.466 e. The number of likely N-dealkylation sites (tertiary alicyclic amines) is 1. The number of hydroxylamine groups is 1. The van der Waals surface area contributed by atoms with Crippen LogP contribution in [0.2, 0.25) is 0 Å². The Hall–Kier alpha value is -2.11. The summed E-state index contributed by atoms with van der Waals surface area (Å²) in [6.45, 7) is 5.50. The lowest BCUT2D eigenvalue weighted by atomic mass is 9.97. The minimum absolute atomic E-state index is 0.00289. The monoisotopic (exact) mass is 384 g/mol. The number of allylic oxidation sites excluding steroid dienone is 2. The number of piperidine rings is 1. The van der Waals surface area contributed by atoms with Gasteiger partial charge in [-0.2, -0.15) is 0 Å². The van der Waals surface area contributed by atoms with Gasteiger partial charge in [0.15, 0.2) is 0 Å². The number of esters is 1. The molecule has 0 spiro atoms. The molecule has 0 radical (unpaired) electrons. The molecule has 1 unspecified atom stereocenters. The molecule has 1 fully saturated rings. The minimum Gasteiger partial charge on any atom is -0.466 e. The van der Waals surface area contributed by atoms with Crippen LogP contribution in [0.25, 0.3) is 6.08 Å². The number of carbonyl (C=O) groups is 1. The summed E-state index contributed by atoms with van der Waals surface area (Å²) < 4.78 is 5.17. The fourth-order valence-corrected chi connectivity index (χ4v) is 3.83. The summed E-state index contributed by atoms with van der Waals surface area (Å²) in [5.74, 6) is -0.0579. The first kappa shape index (κ1) is 20.6. The van der Waals surface area contributed by atoms with Crippen molar-refractivity contribution >= 4 is 12.0 Å². The lowest BCUT2D eigenvalue weighted by Crippen LogP contribution is -2.41. The highest BCUT2D eigenvalue weighted by atomic mass is 16.6. The maximum atomic E-state index is 12.0. The molecule has 1 atom stereocenters. The summed E-state index contributed by atoms with van der Waals surface area (Å²) in [7, 11) is 0. The smallest absolute Gasteiger partial charge is 0.310 e. The highest BCUT2D eigenvalue weighted by Gasteiger charge is 2.26. The Morgan fingerprint density at radius 2 is 2.14 bits per heavy atom. The van der Waals surface area contributed by atoms with Gasteiger partial charge in [-0.15, -0.1) is 0 Å². The molecule has 0 bridgehead atoms. The Bertz CT molecular complexity index is 684. The summed E-state index contributed by atoms with van der Waals surface area (Å²) in [5, 5.41) is 0. The molecule has 1 aliphatic carbocycles. The third-order valence-corrected chi connectivity index (χ3v) is 5.30. The zero-order valence-electron chi connectivity index (χ0n) is 16.9. The van der Waals surface area contributed by atoms with Crippen LogP contribution < -0.4 is 5.48 Å². The van der Waals surface area contributed by atoms with E-state index in [1.54, 1.807) is 0 Å². The molecule has 1 N–H and O–H groups in total. The molecule has 152 valence electrons. The first-order valence-corrected chi connectivity index (χ1v) is 10.5. The Morgan fingerprint density at radius 3 is 2.96 bits per heavy atom. The van der Waals surface area contributed by atoms with Gasteiger partial charge in [0.1, 0.15) is 0 Å². The summed E-state index contributed by atoms with van der Waals surface area (Å²) in [4.78, 5) is 20.0. The normalized spacial score (nSPS) is 22.0. The van der Waals surface area contributed by atoms with Crippen LogP contribution in [-0.4, -0.2) is 43.7 Å². The molecule has 0 aromatic heterocycles. The summed E-state index contributed by atoms with van der Waals surface area (Å²) in [6, 6.07) is 10.4. The minimum atomic E-state index is -0.0608. The number of ether oxygens (including phenoxy) is 1. The van der Waals surface area contributed by atoms with Crippen molar-refractivity contribution in [1.29, 1.82) is 0 Å². The summed E-state index contributed by atoms with van der Waals surface area (Å²) in [5.41, 5.74) is 6.74. The van der Waals surface area contributed by atoms with Gasteiger partial charge in [0.25, 0.3) is 0 Å². The number of nitrogens with one attached hydrogen (secondary N) is 1. The van der Waals surface area contributed by atoms with E-state index in [9.17, 15) is 4.79 Å². The predicted molar refractivity (Wildman–Crippen MR) is 111 cm³/mol. The van der Waals surface area contributed by atoms with Crippen LogP contribution in [0.4, 0.5) is 0 Å². The highest BCUT2D eigenvalue weighted by molar-refractivity contribution is 5.72. The Morgan fingerprint density at radius 1 is 1.29 bits per heavy atom. The molecule has 2 aliphatic rings. The molecule has 3 rings (SSSR count). The van der Waals surface area contributed by atoms with E-state index in [1.807, 2.05) is 13.0 Å². The Labute approximate surface area is 168 Å². The van der Waals surface area contributed by atoms with Gasteiger partial charge in [0.05, 0.1) is 24.8 Å². The molecule has 1 aliphatic heterocycles. The van der Waals surface area contributed by atoms with E-state index in [2.05, 4.69) is 46.8 Å². The van der Waals surface area contributed by atoms with Gasteiger partial charge in [0, 0.05) is 13.1 Å². The fraction of sp³-hybridized carbons (Fsp3) is 0.522. The second kappa shape index (κ2) is 11.0. The zero-order valence-corrected chi connectivity index (χ0v) is 16.9. The molecule has 1 aromatic rings. The maximum absolute atomic E-state index is 12.0. The Kier molecular flexibility index (Phi) is 8.12. The molecule has 0 saturated carbocycles. The van der Waals surface area contributed by atoms with E-state index in [1.165, 1.54) is 17.6 Å². The van der Waals surface area contributed by atoms with Crippen LogP contribution in [0.15, 0.2) is 47.7 Å². The third-order valence-electron chi connectivity index (χ3n) is 5.30. The van der Waals surface area contributed by atoms with Gasteiger partial charge < -0.3 is 9.64 Å². The van der Waals surface area contributed by atoms with Crippen LogP contribution in [-0.2, 0) is 14.4 Å². The second-order valence-corrected chi connectivity index (χ2v) is 7.43. The quantitative estimate of drug-likeness (QED) is 0.418. The molecule has 5 heteroatoms. The van der Waals surface area contributed by atoms with Crippen molar-refractivity contribution in [2.45, 2.75) is 39.0 Å². The molecular formula is C23H32N2O3. The lowest BCUT2D eigenvalue weighted by molar-refractivity contribution is -0.150. The van der Waals surface area contributed by atoms with Gasteiger partial charge in [-0.3, -0.25) is 15.1 Å². The first-order valence-electron chi connectivity index (χ1n) is 10.5. The van der Waals surface area contributed by atoms with Gasteiger partial charge >= 0.3 is 5.97 Å². The number of benzene rings is 1. The average Bonchev–Trinajstić information content (AvgIpc) is 2.73. The van der Waals surface area contributed by atoms with E-state index in [-0.39, 0.29) is 11.9 Å². The molecule has 1 saturated heterocycles. The number of hydrogen-bond donors (Lipinski definition) is 1. The van der Waals surface area contributed by atoms with E-state index in [4.69, 9.17) is 9.57 Å². The van der Waals surface area contributed by atoms with Crippen molar-refractivity contribution in [3.63, 3.8) is 0 Å². The zero-order chi connectivity index (χ0) is 19.6.